The number of ether oxygens (including phenoxy) is 1. The molecular formula is C46H76N2O7. The Morgan fingerprint density at radius 3 is 1.67 bits per heavy atom. The number of carbonyl (C=O) groups is 4. The maximum absolute atomic E-state index is 12.7. The molecule has 0 rings (SSSR count). The third-order valence-corrected chi connectivity index (χ3v) is 8.92. The number of nitrogens with one attached hydrogen (secondary N) is 2. The van der Waals surface area contributed by atoms with E-state index >= 15 is 0 Å². The smallest absolute Gasteiger partial charge is 0.328 e. The van der Waals surface area contributed by atoms with Crippen molar-refractivity contribution >= 4 is 23.8 Å². The largest absolute Gasteiger partial charge is 0.480 e. The van der Waals surface area contributed by atoms with E-state index in [1.807, 2.05) is 6.08 Å². The molecule has 0 aliphatic rings. The normalized spacial score (nSPS) is 13.2. The maximum atomic E-state index is 12.7. The predicted octanol–water partition coefficient (Wildman–Crippen LogP) is 10.3. The standard InChI is InChI=1S/C46H76N2O7/c1-3-5-7-9-11-13-14-15-16-17-18-19-20-22-24-30-34-38-45(52)55-41(35-31-27-23-21-12-10-8-6-4-2)36-32-28-25-26-29-33-37-43(50)47-39-44(51)48-42(40-49)46(53)54/h5,7,11,13,15-16,18-19,21,23,31,35,41-42,49H,3-4,6,8-10,12,14,17,20,22,24-30,32-34,36-40H2,1-2H3,(H,47,50)(H,48,51)(H,53,54)/b7-5-,13-11-,16-15-,19-18-,23-21-,35-31-. The Balaban J connectivity index is 4.35. The Morgan fingerprint density at radius 2 is 1.09 bits per heavy atom. The fraction of sp³-hybridized carbons (Fsp3) is 0.652. The zero-order valence-corrected chi connectivity index (χ0v) is 34.4. The Kier molecular flexibility index (Phi) is 37.3. The molecule has 0 aliphatic carbocycles. The summed E-state index contributed by atoms with van der Waals surface area (Å²) in [6.07, 6.45) is 49.5. The van der Waals surface area contributed by atoms with Gasteiger partial charge in [0, 0.05) is 12.8 Å². The van der Waals surface area contributed by atoms with Gasteiger partial charge in [-0.05, 0) is 89.5 Å². The van der Waals surface area contributed by atoms with Crippen LogP contribution in [0.4, 0.5) is 0 Å². The van der Waals surface area contributed by atoms with Crippen LogP contribution >= 0.6 is 0 Å². The van der Waals surface area contributed by atoms with Crippen molar-refractivity contribution in [3.63, 3.8) is 0 Å². The molecular weight excluding hydrogens is 693 g/mol. The van der Waals surface area contributed by atoms with E-state index in [0.29, 0.717) is 12.8 Å². The van der Waals surface area contributed by atoms with E-state index in [1.165, 1.54) is 25.7 Å². The van der Waals surface area contributed by atoms with Gasteiger partial charge in [0.25, 0.3) is 0 Å². The highest BCUT2D eigenvalue weighted by Gasteiger charge is 2.18. The van der Waals surface area contributed by atoms with Crippen molar-refractivity contribution in [1.82, 2.24) is 10.6 Å². The highest BCUT2D eigenvalue weighted by molar-refractivity contribution is 5.87. The van der Waals surface area contributed by atoms with Gasteiger partial charge >= 0.3 is 11.9 Å². The summed E-state index contributed by atoms with van der Waals surface area (Å²) in [4.78, 5) is 47.4. The van der Waals surface area contributed by atoms with E-state index in [-0.39, 0.29) is 30.9 Å². The molecule has 55 heavy (non-hydrogen) atoms. The number of rotatable bonds is 37. The molecule has 0 saturated carbocycles. The van der Waals surface area contributed by atoms with Crippen LogP contribution < -0.4 is 10.6 Å². The van der Waals surface area contributed by atoms with E-state index in [2.05, 4.69) is 91.3 Å². The van der Waals surface area contributed by atoms with Crippen LogP contribution in [-0.4, -0.2) is 59.3 Å². The number of allylic oxidation sites excluding steroid dienone is 11. The van der Waals surface area contributed by atoms with Crippen molar-refractivity contribution in [2.45, 2.75) is 180 Å². The molecule has 0 saturated heterocycles. The van der Waals surface area contributed by atoms with Gasteiger partial charge in [-0.25, -0.2) is 4.79 Å². The number of aliphatic hydroxyl groups is 1. The second-order valence-corrected chi connectivity index (χ2v) is 14.0. The number of carbonyl (C=O) groups excluding carboxylic acids is 3. The summed E-state index contributed by atoms with van der Waals surface area (Å²) in [5.41, 5.74) is 0. The third kappa shape index (κ3) is 37.0. The van der Waals surface area contributed by atoms with Crippen LogP contribution in [0.2, 0.25) is 0 Å². The molecule has 0 fully saturated rings. The van der Waals surface area contributed by atoms with Crippen molar-refractivity contribution in [2.24, 2.45) is 0 Å². The van der Waals surface area contributed by atoms with E-state index in [4.69, 9.17) is 14.9 Å². The first-order valence-electron chi connectivity index (χ1n) is 21.3. The second-order valence-electron chi connectivity index (χ2n) is 14.0. The van der Waals surface area contributed by atoms with Crippen LogP contribution in [-0.2, 0) is 23.9 Å². The SMILES string of the molecule is CC/C=C\C/C=C\C/C=C\C/C=C\CCCCCCC(=O)OC(/C=C\C/C=C\CCCCCC)CCCCCCCCC(=O)NCC(=O)NC(CO)C(=O)O. The number of carboxylic acid groups (broad SMARTS) is 1. The first kappa shape index (κ1) is 51.3. The first-order valence-corrected chi connectivity index (χ1v) is 21.3. The molecule has 2 unspecified atom stereocenters. The highest BCUT2D eigenvalue weighted by atomic mass is 16.5. The molecule has 9 nitrogen and oxygen atoms in total. The molecule has 312 valence electrons. The number of aliphatic carboxylic acids is 1. The Hall–Kier alpha value is -3.72. The number of carboxylic acids is 1. The van der Waals surface area contributed by atoms with Gasteiger partial charge in [-0.2, -0.15) is 0 Å². The lowest BCUT2D eigenvalue weighted by molar-refractivity contribution is -0.147. The molecule has 2 atom stereocenters. The highest BCUT2D eigenvalue weighted by Crippen LogP contribution is 2.15. The average molecular weight is 769 g/mol. The topological polar surface area (TPSA) is 142 Å². The zero-order chi connectivity index (χ0) is 40.5. The Morgan fingerprint density at radius 1 is 0.582 bits per heavy atom. The lowest BCUT2D eigenvalue weighted by Gasteiger charge is -2.14. The molecule has 2 amide bonds. The summed E-state index contributed by atoms with van der Waals surface area (Å²) >= 11 is 0. The van der Waals surface area contributed by atoms with Crippen molar-refractivity contribution in [2.75, 3.05) is 13.2 Å². The van der Waals surface area contributed by atoms with Crippen LogP contribution in [0.5, 0.6) is 0 Å². The van der Waals surface area contributed by atoms with Crippen molar-refractivity contribution in [3.8, 4) is 0 Å². The molecule has 0 aromatic carbocycles. The van der Waals surface area contributed by atoms with Gasteiger partial charge in [0.05, 0.1) is 13.2 Å². The van der Waals surface area contributed by atoms with Gasteiger partial charge < -0.3 is 25.6 Å². The predicted molar refractivity (Wildman–Crippen MR) is 227 cm³/mol. The molecule has 9 heteroatoms. The van der Waals surface area contributed by atoms with E-state index in [1.54, 1.807) is 0 Å². The minimum Gasteiger partial charge on any atom is -0.480 e. The lowest BCUT2D eigenvalue weighted by atomic mass is 10.1. The number of hydrogen-bond donors (Lipinski definition) is 4. The Labute approximate surface area is 333 Å². The summed E-state index contributed by atoms with van der Waals surface area (Å²) in [6.45, 7) is 3.32. The molecule has 0 radical (unpaired) electrons. The van der Waals surface area contributed by atoms with Crippen molar-refractivity contribution in [3.05, 3.63) is 72.9 Å². The van der Waals surface area contributed by atoms with Crippen LogP contribution in [0.15, 0.2) is 72.9 Å². The van der Waals surface area contributed by atoms with Gasteiger partial charge in [0.2, 0.25) is 11.8 Å². The Bertz CT molecular complexity index is 1150. The van der Waals surface area contributed by atoms with Crippen molar-refractivity contribution in [1.29, 1.82) is 0 Å². The average Bonchev–Trinajstić information content (AvgIpc) is 3.17. The van der Waals surface area contributed by atoms with Crippen LogP contribution in [0.1, 0.15) is 168 Å². The number of amides is 2. The van der Waals surface area contributed by atoms with Crippen molar-refractivity contribution < 1.29 is 34.1 Å². The zero-order valence-electron chi connectivity index (χ0n) is 34.4. The summed E-state index contributed by atoms with van der Waals surface area (Å²) in [5.74, 6) is -2.38. The number of aliphatic hydroxyl groups excluding tert-OH is 1. The molecule has 0 aromatic heterocycles. The molecule has 0 aliphatic heterocycles. The minimum absolute atomic E-state index is 0.120. The number of esters is 1. The van der Waals surface area contributed by atoms with Gasteiger partial charge in [-0.15, -0.1) is 0 Å². The van der Waals surface area contributed by atoms with Gasteiger partial charge in [0.15, 0.2) is 0 Å². The van der Waals surface area contributed by atoms with Gasteiger partial charge in [0.1, 0.15) is 12.1 Å². The fourth-order valence-electron chi connectivity index (χ4n) is 5.65. The maximum Gasteiger partial charge on any atom is 0.328 e. The van der Waals surface area contributed by atoms with Crippen LogP contribution in [0, 0.1) is 0 Å². The summed E-state index contributed by atoms with van der Waals surface area (Å²) in [7, 11) is 0. The fourth-order valence-corrected chi connectivity index (χ4v) is 5.65. The van der Waals surface area contributed by atoms with E-state index in [9.17, 15) is 19.2 Å². The summed E-state index contributed by atoms with van der Waals surface area (Å²) < 4.78 is 5.91. The molecule has 4 N–H and O–H groups in total. The van der Waals surface area contributed by atoms with Crippen LogP contribution in [0.25, 0.3) is 0 Å². The van der Waals surface area contributed by atoms with E-state index < -0.39 is 24.5 Å². The molecule has 0 heterocycles. The molecule has 0 aromatic rings. The lowest BCUT2D eigenvalue weighted by Crippen LogP contribution is -2.47. The van der Waals surface area contributed by atoms with Gasteiger partial charge in [-0.1, -0.05) is 138 Å². The first-order chi connectivity index (χ1) is 26.8. The summed E-state index contributed by atoms with van der Waals surface area (Å²) in [6, 6.07) is -1.39. The minimum atomic E-state index is -1.39. The van der Waals surface area contributed by atoms with Gasteiger partial charge in [-0.3, -0.25) is 14.4 Å². The number of unbranched alkanes of at least 4 members (excludes halogenated alkanes) is 13. The summed E-state index contributed by atoms with van der Waals surface area (Å²) in [5, 5.41) is 22.5. The quantitative estimate of drug-likeness (QED) is 0.0280. The second kappa shape index (κ2) is 40.0. The molecule has 0 spiro atoms. The van der Waals surface area contributed by atoms with E-state index in [0.717, 1.165) is 109 Å². The number of hydrogen-bond acceptors (Lipinski definition) is 6. The van der Waals surface area contributed by atoms with Crippen LogP contribution in [0.3, 0.4) is 0 Å². The third-order valence-electron chi connectivity index (χ3n) is 8.92. The molecule has 0 bridgehead atoms. The monoisotopic (exact) mass is 769 g/mol.